The molecule has 0 aliphatic rings. The van der Waals surface area contributed by atoms with Crippen molar-refractivity contribution in [3.8, 4) is 11.5 Å². The summed E-state index contributed by atoms with van der Waals surface area (Å²) in [6.45, 7) is 2.28. The van der Waals surface area contributed by atoms with Gasteiger partial charge >= 0.3 is 5.97 Å². The van der Waals surface area contributed by atoms with Crippen LogP contribution in [0.5, 0.6) is 11.5 Å². The number of esters is 1. The summed E-state index contributed by atoms with van der Waals surface area (Å²) in [6, 6.07) is 3.40. The Labute approximate surface area is 151 Å². The van der Waals surface area contributed by atoms with E-state index in [1.54, 1.807) is 23.7 Å². The fourth-order valence-corrected chi connectivity index (χ4v) is 2.87. The average Bonchev–Trinajstić information content (AvgIpc) is 2.99. The van der Waals surface area contributed by atoms with Crippen molar-refractivity contribution in [2.75, 3.05) is 19.1 Å². The lowest BCUT2D eigenvalue weighted by molar-refractivity contribution is -0.139. The van der Waals surface area contributed by atoms with E-state index in [0.29, 0.717) is 27.7 Å². The molecule has 1 aromatic carbocycles. The summed E-state index contributed by atoms with van der Waals surface area (Å²) in [4.78, 5) is 15.4. The highest BCUT2D eigenvalue weighted by atomic mass is 79.9. The second-order valence-corrected chi connectivity index (χ2v) is 6.26. The van der Waals surface area contributed by atoms with Crippen LogP contribution in [0.1, 0.15) is 18.2 Å². The Morgan fingerprint density at radius 2 is 2.33 bits per heavy atom. The number of thiazole rings is 1. The number of carbonyl (C=O) groups excluding carboxylic acids is 1. The number of ether oxygens (including phenoxy) is 2. The number of benzene rings is 1. The molecule has 0 unspecified atom stereocenters. The predicted molar refractivity (Wildman–Crippen MR) is 96.0 cm³/mol. The van der Waals surface area contributed by atoms with Crippen molar-refractivity contribution in [3.63, 3.8) is 0 Å². The number of aromatic hydroxyl groups is 1. The number of phenols is 1. The third kappa shape index (κ3) is 4.93. The molecule has 0 atom stereocenters. The van der Waals surface area contributed by atoms with Gasteiger partial charge in [0.15, 0.2) is 11.5 Å². The Balaban J connectivity index is 2.02. The number of rotatable bonds is 7. The number of carbonyl (C=O) groups is 1. The molecule has 1 aromatic heterocycles. The number of nitrogens with one attached hydrogen (secondary N) is 1. The maximum atomic E-state index is 11.2. The first-order chi connectivity index (χ1) is 11.5. The zero-order chi connectivity index (χ0) is 17.5. The molecule has 7 nitrogen and oxygen atoms in total. The number of halogens is 1. The van der Waals surface area contributed by atoms with E-state index in [2.05, 4.69) is 36.2 Å². The van der Waals surface area contributed by atoms with E-state index in [1.807, 2.05) is 6.92 Å². The van der Waals surface area contributed by atoms with Crippen molar-refractivity contribution in [1.82, 2.24) is 4.98 Å². The van der Waals surface area contributed by atoms with Gasteiger partial charge in [-0.3, -0.25) is 10.2 Å². The lowest BCUT2D eigenvalue weighted by Gasteiger charge is -2.08. The molecule has 128 valence electrons. The Morgan fingerprint density at radius 1 is 1.54 bits per heavy atom. The van der Waals surface area contributed by atoms with Gasteiger partial charge in [-0.2, -0.15) is 5.10 Å². The predicted octanol–water partition coefficient (Wildman–Crippen LogP) is 3.17. The molecular weight excluding hydrogens is 398 g/mol. The molecule has 1 heterocycles. The number of anilines is 1. The maximum Gasteiger partial charge on any atom is 0.311 e. The summed E-state index contributed by atoms with van der Waals surface area (Å²) in [7, 11) is 1.34. The number of hydrogen-bond acceptors (Lipinski definition) is 8. The maximum absolute atomic E-state index is 11.2. The number of phenolic OH excluding ortho intramolecular Hbond substituents is 1. The lowest BCUT2D eigenvalue weighted by atomic mass is 10.2. The number of nitrogens with zero attached hydrogens (tertiary/aromatic N) is 2. The second-order valence-electron chi connectivity index (χ2n) is 4.55. The smallest absolute Gasteiger partial charge is 0.311 e. The van der Waals surface area contributed by atoms with Crippen molar-refractivity contribution in [3.05, 3.63) is 33.2 Å². The first kappa shape index (κ1) is 18.2. The SMILES string of the molecule is CCOc1cc(/C=N\Nc2nc(CC(=O)OC)cs2)cc(Br)c1O. The van der Waals surface area contributed by atoms with Crippen LogP contribution in [-0.2, 0) is 16.0 Å². The molecule has 2 rings (SSSR count). The topological polar surface area (TPSA) is 93.0 Å². The lowest BCUT2D eigenvalue weighted by Crippen LogP contribution is -2.04. The van der Waals surface area contributed by atoms with E-state index >= 15 is 0 Å². The van der Waals surface area contributed by atoms with Gasteiger partial charge in [0.2, 0.25) is 5.13 Å². The van der Waals surface area contributed by atoms with E-state index < -0.39 is 0 Å². The zero-order valence-electron chi connectivity index (χ0n) is 13.1. The van der Waals surface area contributed by atoms with Crippen molar-refractivity contribution in [2.45, 2.75) is 13.3 Å². The molecule has 0 aliphatic carbocycles. The molecule has 0 amide bonds. The Kier molecular flexibility index (Phi) is 6.56. The Morgan fingerprint density at radius 3 is 3.04 bits per heavy atom. The summed E-state index contributed by atoms with van der Waals surface area (Å²) in [5, 5.41) is 16.3. The molecule has 0 bridgehead atoms. The van der Waals surface area contributed by atoms with Crippen LogP contribution >= 0.6 is 27.3 Å². The third-order valence-electron chi connectivity index (χ3n) is 2.83. The van der Waals surface area contributed by atoms with Crippen LogP contribution in [-0.4, -0.2) is 36.0 Å². The van der Waals surface area contributed by atoms with Crippen molar-refractivity contribution in [1.29, 1.82) is 0 Å². The van der Waals surface area contributed by atoms with Gasteiger partial charge in [-0.25, -0.2) is 4.98 Å². The molecule has 0 spiro atoms. The number of hydrogen-bond donors (Lipinski definition) is 2. The summed E-state index contributed by atoms with van der Waals surface area (Å²) in [5.74, 6) is 0.0880. The van der Waals surface area contributed by atoms with E-state index in [-0.39, 0.29) is 18.1 Å². The van der Waals surface area contributed by atoms with Gasteiger partial charge in [0.1, 0.15) is 0 Å². The normalized spacial score (nSPS) is 10.8. The molecular formula is C15H16BrN3O4S. The van der Waals surface area contributed by atoms with Crippen LogP contribution in [0.2, 0.25) is 0 Å². The van der Waals surface area contributed by atoms with Gasteiger partial charge in [-0.1, -0.05) is 0 Å². The van der Waals surface area contributed by atoms with Crippen molar-refractivity contribution in [2.24, 2.45) is 5.10 Å². The van der Waals surface area contributed by atoms with Crippen LogP contribution in [0.15, 0.2) is 27.1 Å². The summed E-state index contributed by atoms with van der Waals surface area (Å²) >= 11 is 4.61. The fraction of sp³-hybridized carbons (Fsp3) is 0.267. The quantitative estimate of drug-likeness (QED) is 0.411. The minimum Gasteiger partial charge on any atom is -0.503 e. The van der Waals surface area contributed by atoms with Gasteiger partial charge in [0.05, 0.1) is 36.5 Å². The zero-order valence-corrected chi connectivity index (χ0v) is 15.5. The molecule has 0 saturated carbocycles. The second kappa shape index (κ2) is 8.65. The van der Waals surface area contributed by atoms with E-state index in [4.69, 9.17) is 4.74 Å². The minimum absolute atomic E-state index is 0.0503. The van der Waals surface area contributed by atoms with Crippen molar-refractivity contribution >= 4 is 44.6 Å². The van der Waals surface area contributed by atoms with Gasteiger partial charge in [-0.15, -0.1) is 11.3 Å². The molecule has 0 saturated heterocycles. The molecule has 9 heteroatoms. The largest absolute Gasteiger partial charge is 0.503 e. The van der Waals surface area contributed by atoms with E-state index in [1.165, 1.54) is 18.4 Å². The standard InChI is InChI=1S/C15H16BrN3O4S/c1-3-23-12-5-9(4-11(16)14(12)21)7-17-19-15-18-10(8-24-15)6-13(20)22-2/h4-5,7-8,21H,3,6H2,1-2H3,(H,18,19)/b17-7-. The molecule has 2 aromatic rings. The van der Waals surface area contributed by atoms with Crippen molar-refractivity contribution < 1.29 is 19.4 Å². The Hall–Kier alpha value is -2.13. The van der Waals surface area contributed by atoms with Crippen LogP contribution < -0.4 is 10.2 Å². The van der Waals surface area contributed by atoms with Crippen LogP contribution in [0.25, 0.3) is 0 Å². The number of aromatic nitrogens is 1. The highest BCUT2D eigenvalue weighted by Crippen LogP contribution is 2.35. The third-order valence-corrected chi connectivity index (χ3v) is 4.23. The van der Waals surface area contributed by atoms with Gasteiger partial charge in [0.25, 0.3) is 0 Å². The molecule has 0 radical (unpaired) electrons. The Bertz CT molecular complexity index is 748. The first-order valence-electron chi connectivity index (χ1n) is 6.99. The van der Waals surface area contributed by atoms with Gasteiger partial charge in [-0.05, 0) is 40.5 Å². The number of hydrazone groups is 1. The van der Waals surface area contributed by atoms with E-state index in [9.17, 15) is 9.90 Å². The van der Waals surface area contributed by atoms with Crippen LogP contribution in [0.4, 0.5) is 5.13 Å². The summed E-state index contributed by atoms with van der Waals surface area (Å²) in [6.07, 6.45) is 1.70. The average molecular weight is 414 g/mol. The molecule has 24 heavy (non-hydrogen) atoms. The van der Waals surface area contributed by atoms with Gasteiger partial charge < -0.3 is 14.6 Å². The van der Waals surface area contributed by atoms with Crippen LogP contribution in [0.3, 0.4) is 0 Å². The molecule has 0 aliphatic heterocycles. The van der Waals surface area contributed by atoms with Crippen LogP contribution in [0, 0.1) is 0 Å². The molecule has 0 fully saturated rings. The number of methoxy groups -OCH3 is 1. The minimum atomic E-state index is -0.340. The van der Waals surface area contributed by atoms with E-state index in [0.717, 1.165) is 5.56 Å². The first-order valence-corrected chi connectivity index (χ1v) is 8.66. The summed E-state index contributed by atoms with van der Waals surface area (Å²) in [5.41, 5.74) is 4.16. The molecule has 2 N–H and O–H groups in total. The highest BCUT2D eigenvalue weighted by molar-refractivity contribution is 9.10. The summed E-state index contributed by atoms with van der Waals surface area (Å²) < 4.78 is 10.5. The fourth-order valence-electron chi connectivity index (χ4n) is 1.76. The highest BCUT2D eigenvalue weighted by Gasteiger charge is 2.09. The monoisotopic (exact) mass is 413 g/mol. The van der Waals surface area contributed by atoms with Gasteiger partial charge in [0, 0.05) is 5.38 Å².